The summed E-state index contributed by atoms with van der Waals surface area (Å²) in [4.78, 5) is 28.4. The van der Waals surface area contributed by atoms with E-state index in [1.165, 1.54) is 0 Å². The molecule has 29 heavy (non-hydrogen) atoms. The van der Waals surface area contributed by atoms with Crippen molar-refractivity contribution in [3.8, 4) is 5.75 Å². The van der Waals surface area contributed by atoms with E-state index in [2.05, 4.69) is 10.3 Å². The van der Waals surface area contributed by atoms with Crippen molar-refractivity contribution in [3.05, 3.63) is 89.5 Å². The Balaban J connectivity index is 1.83. The van der Waals surface area contributed by atoms with Gasteiger partial charge in [0.1, 0.15) is 11.6 Å². The molecule has 0 aliphatic rings. The molecule has 0 spiro atoms. The molecule has 0 bridgehead atoms. The minimum absolute atomic E-state index is 0.149. The third-order valence-electron chi connectivity index (χ3n) is 4.15. The molecule has 0 heterocycles. The Morgan fingerprint density at radius 1 is 0.897 bits per heavy atom. The van der Waals surface area contributed by atoms with Crippen LogP contribution in [0, 0.1) is 0 Å². The van der Waals surface area contributed by atoms with Crippen molar-refractivity contribution in [2.24, 2.45) is 16.5 Å². The van der Waals surface area contributed by atoms with Crippen molar-refractivity contribution in [2.45, 2.75) is 0 Å². The summed E-state index contributed by atoms with van der Waals surface area (Å²) in [6.45, 7) is 0. The Kier molecular flexibility index (Phi) is 5.89. The number of carbonyl (C=O) groups excluding carboxylic acids is 2. The van der Waals surface area contributed by atoms with E-state index < -0.39 is 5.91 Å². The summed E-state index contributed by atoms with van der Waals surface area (Å²) in [5, 5.41) is 2.81. The largest absolute Gasteiger partial charge is 0.497 e. The summed E-state index contributed by atoms with van der Waals surface area (Å²) in [5.74, 6) is -0.123. The molecule has 3 aromatic rings. The van der Waals surface area contributed by atoms with Gasteiger partial charge in [0.25, 0.3) is 5.91 Å². The summed E-state index contributed by atoms with van der Waals surface area (Å²) in [6, 6.07) is 20.5. The SMILES string of the molecule is COc1cccc(C(=O)Nc2cccc(N=C(N)c3ccccc3C(N)=O)c2)c1. The van der Waals surface area contributed by atoms with Crippen LogP contribution in [-0.4, -0.2) is 24.8 Å². The maximum absolute atomic E-state index is 12.5. The average Bonchev–Trinajstić information content (AvgIpc) is 2.74. The van der Waals surface area contributed by atoms with E-state index in [4.69, 9.17) is 16.2 Å². The molecule has 0 radical (unpaired) electrons. The second-order valence-electron chi connectivity index (χ2n) is 6.14. The van der Waals surface area contributed by atoms with Gasteiger partial charge in [0.15, 0.2) is 0 Å². The average molecular weight is 388 g/mol. The molecule has 3 rings (SSSR count). The number of aliphatic imine (C=N–C) groups is 1. The van der Waals surface area contributed by atoms with Crippen LogP contribution in [0.4, 0.5) is 11.4 Å². The smallest absolute Gasteiger partial charge is 0.255 e. The van der Waals surface area contributed by atoms with Crippen molar-refractivity contribution in [2.75, 3.05) is 12.4 Å². The highest BCUT2D eigenvalue weighted by Gasteiger charge is 2.11. The molecule has 0 aliphatic carbocycles. The number of benzene rings is 3. The predicted molar refractivity (Wildman–Crippen MR) is 113 cm³/mol. The monoisotopic (exact) mass is 388 g/mol. The van der Waals surface area contributed by atoms with Gasteiger partial charge in [0, 0.05) is 16.8 Å². The molecule has 7 nitrogen and oxygen atoms in total. The third-order valence-corrected chi connectivity index (χ3v) is 4.15. The molecular formula is C22H20N4O3. The van der Waals surface area contributed by atoms with E-state index >= 15 is 0 Å². The second kappa shape index (κ2) is 8.71. The zero-order valence-electron chi connectivity index (χ0n) is 15.8. The maximum Gasteiger partial charge on any atom is 0.255 e. The summed E-state index contributed by atoms with van der Waals surface area (Å²) in [6.07, 6.45) is 0. The third kappa shape index (κ3) is 4.78. The van der Waals surface area contributed by atoms with Crippen LogP contribution < -0.4 is 21.5 Å². The van der Waals surface area contributed by atoms with Gasteiger partial charge in [-0.25, -0.2) is 4.99 Å². The molecule has 2 amide bonds. The normalized spacial score (nSPS) is 11.0. The Labute approximate surface area is 168 Å². The number of amidine groups is 1. The number of nitrogens with one attached hydrogen (secondary N) is 1. The van der Waals surface area contributed by atoms with Gasteiger partial charge >= 0.3 is 0 Å². The van der Waals surface area contributed by atoms with E-state index in [9.17, 15) is 9.59 Å². The number of carbonyl (C=O) groups is 2. The predicted octanol–water partition coefficient (Wildman–Crippen LogP) is 3.08. The lowest BCUT2D eigenvalue weighted by Gasteiger charge is -2.08. The maximum atomic E-state index is 12.5. The van der Waals surface area contributed by atoms with Crippen molar-refractivity contribution < 1.29 is 14.3 Å². The second-order valence-corrected chi connectivity index (χ2v) is 6.14. The number of primary amides is 1. The first-order valence-electron chi connectivity index (χ1n) is 8.77. The van der Waals surface area contributed by atoms with Crippen LogP contribution in [0.15, 0.2) is 77.8 Å². The number of amides is 2. The van der Waals surface area contributed by atoms with Crippen LogP contribution in [-0.2, 0) is 0 Å². The number of hydrogen-bond donors (Lipinski definition) is 3. The first-order chi connectivity index (χ1) is 14.0. The van der Waals surface area contributed by atoms with Crippen molar-refractivity contribution in [3.63, 3.8) is 0 Å². The minimum Gasteiger partial charge on any atom is -0.497 e. The van der Waals surface area contributed by atoms with E-state index in [1.807, 2.05) is 0 Å². The highest BCUT2D eigenvalue weighted by atomic mass is 16.5. The molecule has 0 atom stereocenters. The molecule has 7 heteroatoms. The van der Waals surface area contributed by atoms with Crippen molar-refractivity contribution in [1.29, 1.82) is 0 Å². The Morgan fingerprint density at radius 3 is 2.34 bits per heavy atom. The topological polar surface area (TPSA) is 120 Å². The molecule has 0 aliphatic heterocycles. The molecule has 0 saturated carbocycles. The van der Waals surface area contributed by atoms with Crippen LogP contribution in [0.5, 0.6) is 5.75 Å². The van der Waals surface area contributed by atoms with Crippen LogP contribution in [0.2, 0.25) is 0 Å². The molecular weight excluding hydrogens is 368 g/mol. The standard InChI is InChI=1S/C22H20N4O3/c1-29-17-9-4-6-14(12-17)22(28)26-16-8-5-7-15(13-16)25-20(23)18-10-2-3-11-19(18)21(24)27/h2-13H,1H3,(H2,23,25)(H2,24,27)(H,26,28). The quantitative estimate of drug-likeness (QED) is 0.444. The first-order valence-corrected chi connectivity index (χ1v) is 8.77. The van der Waals surface area contributed by atoms with E-state index in [0.29, 0.717) is 28.3 Å². The number of hydrogen-bond acceptors (Lipinski definition) is 4. The Morgan fingerprint density at radius 2 is 1.62 bits per heavy atom. The lowest BCUT2D eigenvalue weighted by molar-refractivity contribution is 0.0997. The van der Waals surface area contributed by atoms with Crippen molar-refractivity contribution >= 4 is 29.0 Å². The van der Waals surface area contributed by atoms with Gasteiger partial charge in [0.05, 0.1) is 18.4 Å². The van der Waals surface area contributed by atoms with Crippen LogP contribution in [0.25, 0.3) is 0 Å². The Hall–Kier alpha value is -4.13. The summed E-state index contributed by atoms with van der Waals surface area (Å²) < 4.78 is 5.14. The van der Waals surface area contributed by atoms with Gasteiger partial charge in [-0.2, -0.15) is 0 Å². The molecule has 5 N–H and O–H groups in total. The minimum atomic E-state index is -0.585. The Bertz CT molecular complexity index is 1090. The fraction of sp³-hybridized carbons (Fsp3) is 0.0455. The van der Waals surface area contributed by atoms with E-state index in [0.717, 1.165) is 0 Å². The number of ether oxygens (including phenoxy) is 1. The highest BCUT2D eigenvalue weighted by molar-refractivity contribution is 6.09. The first kappa shape index (κ1) is 19.6. The molecule has 146 valence electrons. The lowest BCUT2D eigenvalue weighted by atomic mass is 10.1. The van der Waals surface area contributed by atoms with Crippen LogP contribution in [0.3, 0.4) is 0 Å². The zero-order valence-corrected chi connectivity index (χ0v) is 15.8. The van der Waals surface area contributed by atoms with E-state index in [1.54, 1.807) is 79.9 Å². The highest BCUT2D eigenvalue weighted by Crippen LogP contribution is 2.21. The molecule has 0 saturated heterocycles. The summed E-state index contributed by atoms with van der Waals surface area (Å²) in [7, 11) is 1.54. The van der Waals surface area contributed by atoms with Gasteiger partial charge in [-0.3, -0.25) is 9.59 Å². The van der Waals surface area contributed by atoms with Gasteiger partial charge in [-0.05, 0) is 42.5 Å². The number of rotatable bonds is 6. The molecule has 3 aromatic carbocycles. The number of nitrogens with zero attached hydrogens (tertiary/aromatic N) is 1. The zero-order chi connectivity index (χ0) is 20.8. The van der Waals surface area contributed by atoms with Crippen molar-refractivity contribution in [1.82, 2.24) is 0 Å². The van der Waals surface area contributed by atoms with Gasteiger partial charge < -0.3 is 21.5 Å². The molecule has 0 unspecified atom stereocenters. The summed E-state index contributed by atoms with van der Waals surface area (Å²) >= 11 is 0. The van der Waals surface area contributed by atoms with Gasteiger partial charge in [0.2, 0.25) is 5.91 Å². The fourth-order valence-corrected chi connectivity index (χ4v) is 2.74. The number of anilines is 1. The number of nitrogens with two attached hydrogens (primary N) is 2. The van der Waals surface area contributed by atoms with E-state index in [-0.39, 0.29) is 17.3 Å². The lowest BCUT2D eigenvalue weighted by Crippen LogP contribution is -2.21. The van der Waals surface area contributed by atoms with Gasteiger partial charge in [-0.1, -0.05) is 30.3 Å². The number of methoxy groups -OCH3 is 1. The van der Waals surface area contributed by atoms with Gasteiger partial charge in [-0.15, -0.1) is 0 Å². The molecule has 0 fully saturated rings. The van der Waals surface area contributed by atoms with Crippen LogP contribution >= 0.6 is 0 Å². The molecule has 0 aromatic heterocycles. The summed E-state index contributed by atoms with van der Waals surface area (Å²) in [5.41, 5.74) is 13.7. The fourth-order valence-electron chi connectivity index (χ4n) is 2.74. The van der Waals surface area contributed by atoms with Crippen LogP contribution in [0.1, 0.15) is 26.3 Å².